The van der Waals surface area contributed by atoms with Crippen molar-refractivity contribution in [2.24, 2.45) is 0 Å². The number of hydrogen-bond acceptors (Lipinski definition) is 1. The fraction of sp³-hybridized carbons (Fsp3) is 0.571. The van der Waals surface area contributed by atoms with Gasteiger partial charge in [-0.3, -0.25) is 0 Å². The molecule has 1 atom stereocenters. The van der Waals surface area contributed by atoms with Crippen molar-refractivity contribution in [2.75, 3.05) is 0 Å². The van der Waals surface area contributed by atoms with Gasteiger partial charge in [0, 0.05) is 35.7 Å². The molecule has 1 aromatic heterocycles. The molecule has 1 aliphatic carbocycles. The lowest BCUT2D eigenvalue weighted by Crippen LogP contribution is -2.46. The van der Waals surface area contributed by atoms with Gasteiger partial charge in [0.05, 0.1) is 0 Å². The van der Waals surface area contributed by atoms with E-state index in [1.165, 1.54) is 35.7 Å². The lowest BCUT2D eigenvalue weighted by Gasteiger charge is -2.24. The van der Waals surface area contributed by atoms with Crippen LogP contribution >= 0.6 is 0 Å². The van der Waals surface area contributed by atoms with Gasteiger partial charge in [-0.2, -0.15) is 0 Å². The smallest absolute Gasteiger partial charge is 0.315 e. The molecule has 1 saturated carbocycles. The summed E-state index contributed by atoms with van der Waals surface area (Å²) in [6.07, 6.45) is 10.2. The molecule has 2 N–H and O–H groups in total. The lowest BCUT2D eigenvalue weighted by atomic mass is 9.96. The third-order valence-electron chi connectivity index (χ3n) is 5.38. The number of nitrogens with one attached hydrogen (secondary N) is 2. The zero-order valence-electron chi connectivity index (χ0n) is 15.6. The van der Waals surface area contributed by atoms with Gasteiger partial charge in [-0.25, -0.2) is 4.79 Å². The van der Waals surface area contributed by atoms with Crippen molar-refractivity contribution in [3.8, 4) is 0 Å². The molecular formula is C21H31N3O. The summed E-state index contributed by atoms with van der Waals surface area (Å²) in [5, 5.41) is 7.58. The Kier molecular flexibility index (Phi) is 6.00. The molecule has 0 unspecified atom stereocenters. The van der Waals surface area contributed by atoms with Crippen LogP contribution in [0.25, 0.3) is 10.9 Å². The zero-order valence-corrected chi connectivity index (χ0v) is 15.6. The first-order valence-electron chi connectivity index (χ1n) is 9.81. The van der Waals surface area contributed by atoms with Crippen molar-refractivity contribution in [1.82, 2.24) is 15.2 Å². The number of rotatable bonds is 6. The minimum Gasteiger partial charge on any atom is -0.347 e. The van der Waals surface area contributed by atoms with Gasteiger partial charge in [0.25, 0.3) is 0 Å². The number of hydrogen-bond donors (Lipinski definition) is 2. The average Bonchev–Trinajstić information content (AvgIpc) is 2.99. The maximum absolute atomic E-state index is 12.2. The number of aromatic nitrogens is 1. The Morgan fingerprint density at radius 2 is 2.00 bits per heavy atom. The first-order valence-corrected chi connectivity index (χ1v) is 9.81. The predicted molar refractivity (Wildman–Crippen MR) is 104 cm³/mol. The Bertz CT molecular complexity index is 700. The van der Waals surface area contributed by atoms with Crippen LogP contribution in [0.4, 0.5) is 4.79 Å². The highest BCUT2D eigenvalue weighted by molar-refractivity contribution is 5.84. The number of benzene rings is 1. The average molecular weight is 341 g/mol. The van der Waals surface area contributed by atoms with Crippen LogP contribution in [-0.4, -0.2) is 22.7 Å². The first kappa shape index (κ1) is 17.8. The zero-order chi connectivity index (χ0) is 17.6. The van der Waals surface area contributed by atoms with Crippen LogP contribution in [0.3, 0.4) is 0 Å². The summed E-state index contributed by atoms with van der Waals surface area (Å²) < 4.78 is 2.30. The van der Waals surface area contributed by atoms with Gasteiger partial charge < -0.3 is 15.2 Å². The van der Waals surface area contributed by atoms with Crippen molar-refractivity contribution in [3.05, 3.63) is 36.0 Å². The molecule has 0 aliphatic heterocycles. The molecule has 1 heterocycles. The quantitative estimate of drug-likeness (QED) is 0.791. The van der Waals surface area contributed by atoms with Gasteiger partial charge >= 0.3 is 6.03 Å². The number of nitrogens with zero attached hydrogens (tertiary/aromatic N) is 1. The van der Waals surface area contributed by atoms with Crippen LogP contribution in [0.1, 0.15) is 57.9 Å². The summed E-state index contributed by atoms with van der Waals surface area (Å²) in [5.74, 6) is 0. The molecule has 0 radical (unpaired) electrons. The molecule has 4 heteroatoms. The highest BCUT2D eigenvalue weighted by atomic mass is 16.2. The molecular weight excluding hydrogens is 310 g/mol. The molecule has 1 fully saturated rings. The standard InChI is InChI=1S/C21H31N3O/c1-3-24-15-17(19-11-7-8-12-20(19)24)14-13-16(2)22-21(25)23-18-9-5-4-6-10-18/h7-8,11-12,15-16,18H,3-6,9-10,13-14H2,1-2H3,(H2,22,23,25)/t16-/m1/s1. The van der Waals surface area contributed by atoms with E-state index in [0.29, 0.717) is 6.04 Å². The minimum absolute atomic E-state index is 0.00427. The normalized spacial score (nSPS) is 16.7. The van der Waals surface area contributed by atoms with E-state index in [2.05, 4.69) is 59.5 Å². The molecule has 1 aromatic carbocycles. The van der Waals surface area contributed by atoms with Gasteiger partial charge in [-0.15, -0.1) is 0 Å². The summed E-state index contributed by atoms with van der Waals surface area (Å²) in [5.41, 5.74) is 2.68. The van der Waals surface area contributed by atoms with Gasteiger partial charge in [0.2, 0.25) is 0 Å². The molecule has 0 saturated heterocycles. The summed E-state index contributed by atoms with van der Waals surface area (Å²) in [7, 11) is 0. The van der Waals surface area contributed by atoms with Crippen LogP contribution < -0.4 is 10.6 Å². The van der Waals surface area contributed by atoms with Crippen LogP contribution in [0.5, 0.6) is 0 Å². The van der Waals surface area contributed by atoms with Gasteiger partial charge in [-0.1, -0.05) is 37.5 Å². The summed E-state index contributed by atoms with van der Waals surface area (Å²) in [4.78, 5) is 12.2. The van der Waals surface area contributed by atoms with E-state index in [1.54, 1.807) is 0 Å². The third-order valence-corrected chi connectivity index (χ3v) is 5.38. The first-order chi connectivity index (χ1) is 12.2. The maximum Gasteiger partial charge on any atom is 0.315 e. The number of carbonyl (C=O) groups is 1. The fourth-order valence-corrected chi connectivity index (χ4v) is 3.93. The Labute approximate surface area is 151 Å². The van der Waals surface area contributed by atoms with E-state index in [1.807, 2.05) is 0 Å². The van der Waals surface area contributed by atoms with Crippen LogP contribution in [0.2, 0.25) is 0 Å². The van der Waals surface area contributed by atoms with Crippen molar-refractivity contribution in [2.45, 2.75) is 77.4 Å². The summed E-state index contributed by atoms with van der Waals surface area (Å²) in [6.45, 7) is 5.26. The molecule has 2 amide bonds. The molecule has 0 bridgehead atoms. The van der Waals surface area contributed by atoms with E-state index >= 15 is 0 Å². The van der Waals surface area contributed by atoms with Gasteiger partial charge in [0.1, 0.15) is 0 Å². The van der Waals surface area contributed by atoms with Crippen LogP contribution in [-0.2, 0) is 13.0 Å². The molecule has 4 nitrogen and oxygen atoms in total. The van der Waals surface area contributed by atoms with Crippen LogP contribution in [0, 0.1) is 0 Å². The number of aryl methyl sites for hydroxylation is 2. The summed E-state index contributed by atoms with van der Waals surface area (Å²) in [6, 6.07) is 9.11. The predicted octanol–water partition coefficient (Wildman–Crippen LogP) is 4.61. The van der Waals surface area contributed by atoms with Gasteiger partial charge in [0.15, 0.2) is 0 Å². The van der Waals surface area contributed by atoms with E-state index in [4.69, 9.17) is 0 Å². The van der Waals surface area contributed by atoms with E-state index in [9.17, 15) is 4.79 Å². The second kappa shape index (κ2) is 8.41. The van der Waals surface area contributed by atoms with Crippen molar-refractivity contribution < 1.29 is 4.79 Å². The summed E-state index contributed by atoms with van der Waals surface area (Å²) >= 11 is 0. The third kappa shape index (κ3) is 4.56. The van der Waals surface area contributed by atoms with E-state index in [0.717, 1.165) is 32.2 Å². The minimum atomic E-state index is -0.00427. The fourth-order valence-electron chi connectivity index (χ4n) is 3.93. The highest BCUT2D eigenvalue weighted by Crippen LogP contribution is 2.23. The van der Waals surface area contributed by atoms with Crippen LogP contribution in [0.15, 0.2) is 30.5 Å². The number of carbonyl (C=O) groups excluding carboxylic acids is 1. The van der Waals surface area contributed by atoms with Crippen molar-refractivity contribution in [1.29, 1.82) is 0 Å². The largest absolute Gasteiger partial charge is 0.347 e. The monoisotopic (exact) mass is 341 g/mol. The Morgan fingerprint density at radius 1 is 1.24 bits per heavy atom. The maximum atomic E-state index is 12.2. The molecule has 0 spiro atoms. The second-order valence-electron chi connectivity index (χ2n) is 7.35. The SMILES string of the molecule is CCn1cc(CC[C@@H](C)NC(=O)NC2CCCCC2)c2ccccc21. The van der Waals surface area contributed by atoms with Crippen molar-refractivity contribution in [3.63, 3.8) is 0 Å². The van der Waals surface area contributed by atoms with E-state index in [-0.39, 0.29) is 12.1 Å². The second-order valence-corrected chi connectivity index (χ2v) is 7.35. The molecule has 2 aromatic rings. The number of fused-ring (bicyclic) bond motifs is 1. The molecule has 25 heavy (non-hydrogen) atoms. The Balaban J connectivity index is 1.52. The van der Waals surface area contributed by atoms with Gasteiger partial charge in [-0.05, 0) is 51.2 Å². The topological polar surface area (TPSA) is 46.1 Å². The lowest BCUT2D eigenvalue weighted by molar-refractivity contribution is 0.229. The number of urea groups is 1. The van der Waals surface area contributed by atoms with Crippen molar-refractivity contribution >= 4 is 16.9 Å². The molecule has 136 valence electrons. The Hall–Kier alpha value is -1.97. The Morgan fingerprint density at radius 3 is 2.76 bits per heavy atom. The number of para-hydroxylation sites is 1. The van der Waals surface area contributed by atoms with E-state index < -0.39 is 0 Å². The molecule has 3 rings (SSSR count). The number of amides is 2. The molecule has 1 aliphatic rings. The highest BCUT2D eigenvalue weighted by Gasteiger charge is 2.17.